The van der Waals surface area contributed by atoms with Gasteiger partial charge in [-0.2, -0.15) is 0 Å². The second kappa shape index (κ2) is 3.31. The summed E-state index contributed by atoms with van der Waals surface area (Å²) >= 11 is 0. The first kappa shape index (κ1) is 9.02. The number of nitrogens with one attached hydrogen (secondary N) is 1. The summed E-state index contributed by atoms with van der Waals surface area (Å²) in [7, 11) is 0. The highest BCUT2D eigenvalue weighted by atomic mass is 16.4. The number of rotatable bonds is 1. The van der Waals surface area contributed by atoms with Crippen LogP contribution in [0.5, 0.6) is 0 Å². The minimum absolute atomic E-state index is 0.359. The second-order valence-electron chi connectivity index (χ2n) is 3.45. The van der Waals surface area contributed by atoms with E-state index in [1.165, 1.54) is 0 Å². The van der Waals surface area contributed by atoms with Crippen LogP contribution in [-0.2, 0) is 4.79 Å². The summed E-state index contributed by atoms with van der Waals surface area (Å²) in [5.41, 5.74) is 7.40. The van der Waals surface area contributed by atoms with E-state index in [-0.39, 0.29) is 6.04 Å². The average Bonchev–Trinajstić information content (AvgIpc) is 2.17. The first-order valence-electron chi connectivity index (χ1n) is 4.51. The quantitative estimate of drug-likeness (QED) is 0.609. The van der Waals surface area contributed by atoms with E-state index in [0.29, 0.717) is 6.54 Å². The Labute approximate surface area is 81.7 Å². The fourth-order valence-corrected chi connectivity index (χ4v) is 1.82. The van der Waals surface area contributed by atoms with Gasteiger partial charge >= 0.3 is 5.97 Å². The third-order valence-electron chi connectivity index (χ3n) is 2.52. The molecule has 74 valence electrons. The monoisotopic (exact) mass is 192 g/mol. The molecule has 0 saturated heterocycles. The highest BCUT2D eigenvalue weighted by Gasteiger charge is 2.32. The van der Waals surface area contributed by atoms with E-state index in [0.717, 1.165) is 11.3 Å². The number of carbonyl (C=O) groups is 1. The van der Waals surface area contributed by atoms with Crippen LogP contribution in [0.3, 0.4) is 0 Å². The van der Waals surface area contributed by atoms with Crippen LogP contribution in [0.25, 0.3) is 0 Å². The molecule has 0 aromatic heterocycles. The zero-order valence-corrected chi connectivity index (χ0v) is 7.60. The van der Waals surface area contributed by atoms with Crippen molar-refractivity contribution in [2.75, 3.05) is 11.9 Å². The smallest absolute Gasteiger partial charge is 0.312 e. The molecule has 2 atom stereocenters. The largest absolute Gasteiger partial charge is 0.481 e. The highest BCUT2D eigenvalue weighted by molar-refractivity contribution is 5.81. The number of fused-ring (bicyclic) bond motifs is 1. The van der Waals surface area contributed by atoms with Crippen LogP contribution in [0, 0.1) is 0 Å². The zero-order valence-electron chi connectivity index (χ0n) is 7.60. The number of hydrogen-bond donors (Lipinski definition) is 3. The third-order valence-corrected chi connectivity index (χ3v) is 2.52. The van der Waals surface area contributed by atoms with Crippen molar-refractivity contribution in [3.05, 3.63) is 29.8 Å². The Morgan fingerprint density at radius 1 is 1.50 bits per heavy atom. The number of aliphatic carboxylic acids is 1. The molecule has 4 N–H and O–H groups in total. The van der Waals surface area contributed by atoms with Gasteiger partial charge in [-0.25, -0.2) is 0 Å². The Morgan fingerprint density at radius 3 is 2.93 bits per heavy atom. The number of carboxylic acids is 1. The molecule has 0 saturated carbocycles. The molecule has 0 amide bonds. The number of carboxylic acid groups (broad SMARTS) is 1. The molecule has 1 aromatic carbocycles. The van der Waals surface area contributed by atoms with Crippen molar-refractivity contribution < 1.29 is 9.90 Å². The predicted molar refractivity (Wildman–Crippen MR) is 53.3 cm³/mol. The normalized spacial score (nSPS) is 24.9. The Kier molecular flexibility index (Phi) is 2.13. The molecule has 1 aliphatic rings. The van der Waals surface area contributed by atoms with Crippen LogP contribution in [0.2, 0.25) is 0 Å². The molecule has 0 fully saturated rings. The molecule has 0 spiro atoms. The van der Waals surface area contributed by atoms with Crippen molar-refractivity contribution in [2.45, 2.75) is 12.0 Å². The summed E-state index contributed by atoms with van der Waals surface area (Å²) in [6.07, 6.45) is 0. The van der Waals surface area contributed by atoms with Crippen LogP contribution in [0.15, 0.2) is 24.3 Å². The van der Waals surface area contributed by atoms with Gasteiger partial charge in [0.1, 0.15) is 5.92 Å². The molecule has 0 bridgehead atoms. The van der Waals surface area contributed by atoms with Crippen molar-refractivity contribution in [1.29, 1.82) is 0 Å². The molecular formula is C10H12N2O2. The zero-order chi connectivity index (χ0) is 10.1. The van der Waals surface area contributed by atoms with Gasteiger partial charge < -0.3 is 16.2 Å². The SMILES string of the molecule is NC1CNc2ccccc2C1C(=O)O. The number of benzene rings is 1. The lowest BCUT2D eigenvalue weighted by atomic mass is 9.87. The average molecular weight is 192 g/mol. The van der Waals surface area contributed by atoms with Gasteiger partial charge in [-0.05, 0) is 11.6 Å². The molecule has 0 radical (unpaired) electrons. The number of hydrogen-bond acceptors (Lipinski definition) is 3. The van der Waals surface area contributed by atoms with E-state index >= 15 is 0 Å². The van der Waals surface area contributed by atoms with Crippen molar-refractivity contribution in [3.8, 4) is 0 Å². The molecule has 2 rings (SSSR count). The lowest BCUT2D eigenvalue weighted by molar-refractivity contribution is -0.139. The first-order chi connectivity index (χ1) is 6.70. The van der Waals surface area contributed by atoms with Crippen molar-refractivity contribution in [3.63, 3.8) is 0 Å². The van der Waals surface area contributed by atoms with Crippen molar-refractivity contribution in [2.24, 2.45) is 5.73 Å². The van der Waals surface area contributed by atoms with Crippen LogP contribution in [-0.4, -0.2) is 23.7 Å². The Hall–Kier alpha value is -1.55. The molecule has 14 heavy (non-hydrogen) atoms. The molecular weight excluding hydrogens is 180 g/mol. The molecule has 0 aliphatic carbocycles. The van der Waals surface area contributed by atoms with E-state index in [2.05, 4.69) is 5.32 Å². The van der Waals surface area contributed by atoms with Gasteiger partial charge in [-0.1, -0.05) is 18.2 Å². The standard InChI is InChI=1S/C10H12N2O2/c11-7-5-12-8-4-2-1-3-6(8)9(7)10(13)14/h1-4,7,9,12H,5,11H2,(H,13,14). The Balaban J connectivity index is 2.46. The van der Waals surface area contributed by atoms with Crippen LogP contribution in [0.1, 0.15) is 11.5 Å². The van der Waals surface area contributed by atoms with Gasteiger partial charge in [0, 0.05) is 18.3 Å². The summed E-state index contributed by atoms with van der Waals surface area (Å²) in [6.45, 7) is 0.508. The molecule has 2 unspecified atom stereocenters. The van der Waals surface area contributed by atoms with E-state index in [1.807, 2.05) is 18.2 Å². The molecule has 4 heteroatoms. The summed E-state index contributed by atoms with van der Waals surface area (Å²) in [4.78, 5) is 11.0. The van der Waals surface area contributed by atoms with Gasteiger partial charge in [-0.15, -0.1) is 0 Å². The Bertz CT molecular complexity index is 365. The molecule has 1 heterocycles. The van der Waals surface area contributed by atoms with E-state index in [4.69, 9.17) is 10.8 Å². The van der Waals surface area contributed by atoms with E-state index in [9.17, 15) is 4.79 Å². The van der Waals surface area contributed by atoms with Gasteiger partial charge in [0.2, 0.25) is 0 Å². The number of para-hydroxylation sites is 1. The topological polar surface area (TPSA) is 75.3 Å². The highest BCUT2D eigenvalue weighted by Crippen LogP contribution is 2.30. The summed E-state index contributed by atoms with van der Waals surface area (Å²) < 4.78 is 0. The van der Waals surface area contributed by atoms with Gasteiger partial charge in [0.05, 0.1) is 0 Å². The van der Waals surface area contributed by atoms with E-state index < -0.39 is 11.9 Å². The van der Waals surface area contributed by atoms with Crippen molar-refractivity contribution in [1.82, 2.24) is 0 Å². The lowest BCUT2D eigenvalue weighted by Gasteiger charge is -2.29. The molecule has 1 aliphatic heterocycles. The fourth-order valence-electron chi connectivity index (χ4n) is 1.82. The minimum Gasteiger partial charge on any atom is -0.481 e. The van der Waals surface area contributed by atoms with Crippen LogP contribution in [0.4, 0.5) is 5.69 Å². The third kappa shape index (κ3) is 1.33. The van der Waals surface area contributed by atoms with Crippen LogP contribution >= 0.6 is 0 Å². The Morgan fingerprint density at radius 2 is 2.21 bits per heavy atom. The van der Waals surface area contributed by atoms with Gasteiger partial charge in [-0.3, -0.25) is 4.79 Å². The fraction of sp³-hybridized carbons (Fsp3) is 0.300. The maximum absolute atomic E-state index is 11.0. The number of nitrogens with two attached hydrogens (primary N) is 1. The van der Waals surface area contributed by atoms with Gasteiger partial charge in [0.15, 0.2) is 0 Å². The number of anilines is 1. The molecule has 1 aromatic rings. The summed E-state index contributed by atoms with van der Waals surface area (Å²) in [5.74, 6) is -1.45. The maximum atomic E-state index is 11.0. The second-order valence-corrected chi connectivity index (χ2v) is 3.45. The molecule has 4 nitrogen and oxygen atoms in total. The maximum Gasteiger partial charge on any atom is 0.312 e. The predicted octanol–water partition coefficient (Wildman–Crippen LogP) is 0.608. The minimum atomic E-state index is -0.855. The van der Waals surface area contributed by atoms with Crippen molar-refractivity contribution >= 4 is 11.7 Å². The van der Waals surface area contributed by atoms with E-state index in [1.54, 1.807) is 6.07 Å². The summed E-state index contributed by atoms with van der Waals surface area (Å²) in [5, 5.41) is 12.2. The lowest BCUT2D eigenvalue weighted by Crippen LogP contribution is -2.42. The summed E-state index contributed by atoms with van der Waals surface area (Å²) in [6, 6.07) is 7.02. The van der Waals surface area contributed by atoms with Gasteiger partial charge in [0.25, 0.3) is 0 Å². The first-order valence-corrected chi connectivity index (χ1v) is 4.51. The van der Waals surface area contributed by atoms with Crippen LogP contribution < -0.4 is 11.1 Å².